The first-order chi connectivity index (χ1) is 11.9. The van der Waals surface area contributed by atoms with Crippen LogP contribution in [-0.2, 0) is 6.42 Å². The molecule has 0 unspecified atom stereocenters. The molecule has 0 atom stereocenters. The van der Waals surface area contributed by atoms with Gasteiger partial charge in [0, 0.05) is 5.92 Å². The van der Waals surface area contributed by atoms with Gasteiger partial charge in [-0.1, -0.05) is 42.5 Å². The molecule has 3 heteroatoms. The molecule has 0 saturated carbocycles. The highest BCUT2D eigenvalue weighted by atomic mass is 32.1. The molecule has 24 heavy (non-hydrogen) atoms. The number of fused-ring (bicyclic) bond motifs is 1. The summed E-state index contributed by atoms with van der Waals surface area (Å²) in [4.78, 5) is 7.49. The number of aromatic nitrogens is 1. The fourth-order valence-corrected chi connectivity index (χ4v) is 4.76. The van der Waals surface area contributed by atoms with Crippen LogP contribution in [0.25, 0.3) is 10.2 Å². The zero-order valence-electron chi connectivity index (χ0n) is 14.0. The molecule has 3 aromatic rings. The van der Waals surface area contributed by atoms with E-state index in [1.165, 1.54) is 66.1 Å². The fraction of sp³-hybridized carbons (Fsp3) is 0.381. The highest BCUT2D eigenvalue weighted by Gasteiger charge is 2.22. The van der Waals surface area contributed by atoms with Gasteiger partial charge < -0.3 is 4.90 Å². The fourth-order valence-electron chi connectivity index (χ4n) is 3.62. The minimum atomic E-state index is 0.660. The number of benzene rings is 2. The number of hydrogen-bond donors (Lipinski definition) is 0. The van der Waals surface area contributed by atoms with Crippen molar-refractivity contribution in [3.8, 4) is 0 Å². The summed E-state index contributed by atoms with van der Waals surface area (Å²) in [6.45, 7) is 3.66. The van der Waals surface area contributed by atoms with Gasteiger partial charge in [0.05, 0.1) is 15.2 Å². The van der Waals surface area contributed by atoms with Crippen LogP contribution in [0.15, 0.2) is 54.6 Å². The zero-order chi connectivity index (χ0) is 16.2. The van der Waals surface area contributed by atoms with Crippen LogP contribution in [0.5, 0.6) is 0 Å². The maximum Gasteiger partial charge on any atom is 0.0970 e. The largest absolute Gasteiger partial charge is 0.303 e. The molecular formula is C21H24N2S. The lowest BCUT2D eigenvalue weighted by molar-refractivity contribution is 0.210. The van der Waals surface area contributed by atoms with E-state index in [2.05, 4.69) is 59.5 Å². The topological polar surface area (TPSA) is 16.1 Å². The predicted molar refractivity (Wildman–Crippen MR) is 103 cm³/mol. The standard InChI is InChI=1S/C21H24N2S/c1-2-7-17(8-3-1)9-6-14-23-15-12-18(13-16-23)21-22-19-10-4-5-11-20(19)24-21/h1-5,7-8,10-11,18H,6,9,12-16H2. The van der Waals surface area contributed by atoms with Gasteiger partial charge in [0.15, 0.2) is 0 Å². The molecule has 1 aliphatic rings. The van der Waals surface area contributed by atoms with Crippen molar-refractivity contribution in [2.45, 2.75) is 31.6 Å². The average Bonchev–Trinajstić information content (AvgIpc) is 3.07. The van der Waals surface area contributed by atoms with Crippen molar-refractivity contribution in [2.24, 2.45) is 0 Å². The molecule has 4 rings (SSSR count). The van der Waals surface area contributed by atoms with Crippen molar-refractivity contribution in [2.75, 3.05) is 19.6 Å². The Kier molecular flexibility index (Phi) is 4.91. The number of para-hydroxylation sites is 1. The van der Waals surface area contributed by atoms with Crippen molar-refractivity contribution < 1.29 is 0 Å². The summed E-state index contributed by atoms with van der Waals surface area (Å²) in [6.07, 6.45) is 4.96. The second-order valence-corrected chi connectivity index (χ2v) is 7.79. The van der Waals surface area contributed by atoms with E-state index in [0.29, 0.717) is 5.92 Å². The van der Waals surface area contributed by atoms with E-state index in [9.17, 15) is 0 Å². The van der Waals surface area contributed by atoms with E-state index >= 15 is 0 Å². The van der Waals surface area contributed by atoms with Crippen LogP contribution in [0, 0.1) is 0 Å². The molecule has 1 saturated heterocycles. The number of nitrogens with zero attached hydrogens (tertiary/aromatic N) is 2. The maximum absolute atomic E-state index is 4.86. The molecule has 2 aromatic carbocycles. The molecule has 1 fully saturated rings. The summed E-state index contributed by atoms with van der Waals surface area (Å²) in [7, 11) is 0. The average molecular weight is 337 g/mol. The molecule has 124 valence electrons. The highest BCUT2D eigenvalue weighted by Crippen LogP contribution is 2.33. The van der Waals surface area contributed by atoms with Crippen molar-refractivity contribution in [1.29, 1.82) is 0 Å². The lowest BCUT2D eigenvalue weighted by atomic mass is 9.97. The molecule has 1 aliphatic heterocycles. The molecular weight excluding hydrogens is 312 g/mol. The summed E-state index contributed by atoms with van der Waals surface area (Å²) in [5.74, 6) is 0.660. The first kappa shape index (κ1) is 15.8. The molecule has 0 spiro atoms. The Balaban J connectivity index is 1.27. The van der Waals surface area contributed by atoms with Crippen LogP contribution in [0.2, 0.25) is 0 Å². The van der Waals surface area contributed by atoms with Gasteiger partial charge in [-0.05, 0) is 63.0 Å². The summed E-state index contributed by atoms with van der Waals surface area (Å²) < 4.78 is 1.33. The number of likely N-dealkylation sites (tertiary alicyclic amines) is 1. The number of piperidine rings is 1. The van der Waals surface area contributed by atoms with E-state index in [0.717, 1.165) is 0 Å². The lowest BCUT2D eigenvalue weighted by Gasteiger charge is -2.31. The first-order valence-corrected chi connectivity index (χ1v) is 9.82. The summed E-state index contributed by atoms with van der Waals surface area (Å²) >= 11 is 1.89. The third-order valence-corrected chi connectivity index (χ3v) is 6.23. The van der Waals surface area contributed by atoms with Gasteiger partial charge in [0.1, 0.15) is 0 Å². The second-order valence-electron chi connectivity index (χ2n) is 6.72. The molecule has 0 N–H and O–H groups in total. The van der Waals surface area contributed by atoms with Gasteiger partial charge in [-0.3, -0.25) is 0 Å². The molecule has 0 aliphatic carbocycles. The van der Waals surface area contributed by atoms with Crippen LogP contribution in [-0.4, -0.2) is 29.5 Å². The SMILES string of the molecule is c1ccc(CCCN2CCC(c3nc4ccccc4s3)CC2)cc1. The van der Waals surface area contributed by atoms with Crippen LogP contribution >= 0.6 is 11.3 Å². The summed E-state index contributed by atoms with van der Waals surface area (Å²) in [6, 6.07) is 19.4. The molecule has 2 heterocycles. The van der Waals surface area contributed by atoms with Crippen LogP contribution in [0.3, 0.4) is 0 Å². The van der Waals surface area contributed by atoms with Gasteiger partial charge >= 0.3 is 0 Å². The number of thiazole rings is 1. The lowest BCUT2D eigenvalue weighted by Crippen LogP contribution is -2.33. The minimum Gasteiger partial charge on any atom is -0.303 e. The van der Waals surface area contributed by atoms with E-state index < -0.39 is 0 Å². The van der Waals surface area contributed by atoms with Gasteiger partial charge in [-0.15, -0.1) is 11.3 Å². The van der Waals surface area contributed by atoms with E-state index in [-0.39, 0.29) is 0 Å². The Morgan fingerprint density at radius 3 is 2.50 bits per heavy atom. The quantitative estimate of drug-likeness (QED) is 0.644. The second kappa shape index (κ2) is 7.45. The monoisotopic (exact) mass is 336 g/mol. The summed E-state index contributed by atoms with van der Waals surface area (Å²) in [5.41, 5.74) is 2.63. The van der Waals surface area contributed by atoms with Gasteiger partial charge in [0.2, 0.25) is 0 Å². The van der Waals surface area contributed by atoms with Gasteiger partial charge in [-0.25, -0.2) is 4.98 Å². The zero-order valence-corrected chi connectivity index (χ0v) is 14.8. The third-order valence-electron chi connectivity index (χ3n) is 5.03. The Labute approximate surface area is 148 Å². The summed E-state index contributed by atoms with van der Waals surface area (Å²) in [5, 5.41) is 1.35. The normalized spacial score (nSPS) is 16.7. The van der Waals surface area contributed by atoms with E-state index in [1.807, 2.05) is 11.3 Å². The molecule has 0 amide bonds. The smallest absolute Gasteiger partial charge is 0.0970 e. The van der Waals surface area contributed by atoms with Crippen LogP contribution in [0.4, 0.5) is 0 Å². The molecule has 1 aromatic heterocycles. The number of rotatable bonds is 5. The van der Waals surface area contributed by atoms with Gasteiger partial charge in [0.25, 0.3) is 0 Å². The number of hydrogen-bond acceptors (Lipinski definition) is 3. The molecule has 0 bridgehead atoms. The van der Waals surface area contributed by atoms with E-state index in [1.54, 1.807) is 0 Å². The van der Waals surface area contributed by atoms with Crippen LogP contribution < -0.4 is 0 Å². The third kappa shape index (κ3) is 3.68. The maximum atomic E-state index is 4.86. The van der Waals surface area contributed by atoms with Crippen molar-refractivity contribution in [3.63, 3.8) is 0 Å². The van der Waals surface area contributed by atoms with Crippen molar-refractivity contribution in [1.82, 2.24) is 9.88 Å². The van der Waals surface area contributed by atoms with Gasteiger partial charge in [-0.2, -0.15) is 0 Å². The van der Waals surface area contributed by atoms with Crippen molar-refractivity contribution in [3.05, 3.63) is 65.2 Å². The first-order valence-electron chi connectivity index (χ1n) is 9.00. The Hall–Kier alpha value is -1.71. The molecule has 2 nitrogen and oxygen atoms in total. The van der Waals surface area contributed by atoms with Crippen LogP contribution in [0.1, 0.15) is 35.8 Å². The highest BCUT2D eigenvalue weighted by molar-refractivity contribution is 7.18. The minimum absolute atomic E-state index is 0.660. The van der Waals surface area contributed by atoms with Crippen molar-refractivity contribution >= 4 is 21.6 Å². The Morgan fingerprint density at radius 2 is 1.71 bits per heavy atom. The molecule has 0 radical (unpaired) electrons. The number of aryl methyl sites for hydroxylation is 1. The Morgan fingerprint density at radius 1 is 0.958 bits per heavy atom. The predicted octanol–water partition coefficient (Wildman–Crippen LogP) is 5.11. The van der Waals surface area contributed by atoms with E-state index in [4.69, 9.17) is 4.98 Å². The Bertz CT molecular complexity index is 740.